The summed E-state index contributed by atoms with van der Waals surface area (Å²) in [7, 11) is 3.25. The molecule has 0 amide bonds. The van der Waals surface area contributed by atoms with Gasteiger partial charge in [-0.1, -0.05) is 0 Å². The first-order valence-electron chi connectivity index (χ1n) is 2.86. The van der Waals surface area contributed by atoms with Gasteiger partial charge in [-0.15, -0.1) is 46.4 Å². The van der Waals surface area contributed by atoms with E-state index in [1.807, 2.05) is 0 Å². The van der Waals surface area contributed by atoms with Crippen molar-refractivity contribution in [3.63, 3.8) is 0 Å². The molecule has 0 bridgehead atoms. The summed E-state index contributed by atoms with van der Waals surface area (Å²) in [5.41, 5.74) is 0. The van der Waals surface area contributed by atoms with Gasteiger partial charge in [0.1, 0.15) is 4.84 Å². The van der Waals surface area contributed by atoms with E-state index in [0.29, 0.717) is 11.8 Å². The van der Waals surface area contributed by atoms with Gasteiger partial charge in [-0.2, -0.15) is 0 Å². The van der Waals surface area contributed by atoms with Crippen LogP contribution in [0.2, 0.25) is 0 Å². The fourth-order valence-corrected chi connectivity index (χ4v) is 0. The van der Waals surface area contributed by atoms with Crippen molar-refractivity contribution < 1.29 is 4.74 Å². The van der Waals surface area contributed by atoms with Crippen LogP contribution in [0.1, 0.15) is 6.92 Å². The minimum absolute atomic E-state index is 0.222. The Balaban J connectivity index is -0.0000000886. The van der Waals surface area contributed by atoms with Gasteiger partial charge >= 0.3 is 0 Å². The van der Waals surface area contributed by atoms with Gasteiger partial charge in [0.15, 0.2) is 0 Å². The molecule has 0 aromatic carbocycles. The second kappa shape index (κ2) is 22.5. The molecule has 0 aliphatic rings. The summed E-state index contributed by atoms with van der Waals surface area (Å²) >= 11 is 20.2. The predicted octanol–water partition coefficient (Wildman–Crippen LogP) is 3.54. The number of alkyl halides is 4. The van der Waals surface area contributed by atoms with Crippen LogP contribution in [-0.4, -0.2) is 30.8 Å². The molecular formula is C6H14Cl4O. The Morgan fingerprint density at radius 1 is 1.09 bits per heavy atom. The number of hydrogen-bond donors (Lipinski definition) is 0. The highest BCUT2D eigenvalue weighted by Crippen LogP contribution is 1.95. The normalized spacial score (nSPS) is 7.64. The Hall–Kier alpha value is 1.12. The molecule has 0 aliphatic heterocycles. The Labute approximate surface area is 88.9 Å². The predicted molar refractivity (Wildman–Crippen MR) is 55.5 cm³/mol. The van der Waals surface area contributed by atoms with Gasteiger partial charge < -0.3 is 4.74 Å². The summed E-state index contributed by atoms with van der Waals surface area (Å²) in [6.45, 7) is 1.70. The fraction of sp³-hybridized carbons (Fsp3) is 1.00. The van der Waals surface area contributed by atoms with Crippen molar-refractivity contribution >= 4 is 46.4 Å². The number of rotatable bonds is 1. The van der Waals surface area contributed by atoms with Gasteiger partial charge in [-0.05, 0) is 6.92 Å². The quantitative estimate of drug-likeness (QED) is 0.641. The van der Waals surface area contributed by atoms with Gasteiger partial charge in [-0.25, -0.2) is 0 Å². The fourth-order valence-electron chi connectivity index (χ4n) is 0. The molecule has 0 unspecified atom stereocenters. The Morgan fingerprint density at radius 3 is 1.18 bits per heavy atom. The molecule has 0 aromatic rings. The van der Waals surface area contributed by atoms with Crippen molar-refractivity contribution in [2.75, 3.05) is 26.0 Å². The van der Waals surface area contributed by atoms with Gasteiger partial charge in [0.25, 0.3) is 0 Å². The molecule has 0 radical (unpaired) electrons. The second-order valence-electron chi connectivity index (χ2n) is 1.31. The van der Waals surface area contributed by atoms with E-state index in [4.69, 9.17) is 46.4 Å². The highest BCUT2D eigenvalue weighted by molar-refractivity contribution is 6.43. The molecule has 0 atom stereocenters. The third-order valence-corrected chi connectivity index (χ3v) is 0.643. The molecule has 0 saturated carbocycles. The third-order valence-electron chi connectivity index (χ3n) is 0.0714. The Bertz CT molecular complexity index is 38.8. The molecule has 1 nitrogen and oxygen atoms in total. The van der Waals surface area contributed by atoms with E-state index >= 15 is 0 Å². The largest absolute Gasteiger partial charge is 0.388 e. The monoisotopic (exact) mass is 242 g/mol. The van der Waals surface area contributed by atoms with E-state index < -0.39 is 0 Å². The van der Waals surface area contributed by atoms with Gasteiger partial charge in [-0.3, -0.25) is 0 Å². The summed E-state index contributed by atoms with van der Waals surface area (Å²) in [5.74, 6) is 1.11. The first kappa shape index (κ1) is 18.0. The van der Waals surface area contributed by atoms with Crippen molar-refractivity contribution in [2.45, 2.75) is 11.8 Å². The van der Waals surface area contributed by atoms with E-state index in [1.54, 1.807) is 21.1 Å². The summed E-state index contributed by atoms with van der Waals surface area (Å²) < 4.78 is 4.25. The van der Waals surface area contributed by atoms with Crippen LogP contribution < -0.4 is 0 Å². The minimum Gasteiger partial charge on any atom is -0.388 e. The lowest BCUT2D eigenvalue weighted by atomic mass is 11.0. The SMILES string of the molecule is CC(Cl)Cl.COC.ClCCCl. The number of hydrogen-bond acceptors (Lipinski definition) is 1. The Morgan fingerprint density at radius 2 is 1.18 bits per heavy atom. The standard InChI is InChI=1S/2C2H4Cl2.C2H6O/c1-2(3)4;3-1-2-4;1-3-2/h2H,1H3;1-2H2;1-2H3. The van der Waals surface area contributed by atoms with Crippen LogP contribution in [0.5, 0.6) is 0 Å². The lowest BCUT2D eigenvalue weighted by molar-refractivity contribution is 0.277. The van der Waals surface area contributed by atoms with Crippen molar-refractivity contribution in [1.82, 2.24) is 0 Å². The molecule has 0 fully saturated rings. The van der Waals surface area contributed by atoms with Crippen LogP contribution in [0.25, 0.3) is 0 Å². The van der Waals surface area contributed by atoms with Crippen LogP contribution in [-0.2, 0) is 4.74 Å². The average molecular weight is 244 g/mol. The van der Waals surface area contributed by atoms with E-state index in [9.17, 15) is 0 Å². The van der Waals surface area contributed by atoms with Crippen molar-refractivity contribution in [1.29, 1.82) is 0 Å². The molecular weight excluding hydrogens is 230 g/mol. The molecule has 0 heterocycles. The lowest BCUT2D eigenvalue weighted by Gasteiger charge is -1.72. The Kier molecular flexibility index (Phi) is 36.8. The average Bonchev–Trinajstić information content (AvgIpc) is 1.88. The van der Waals surface area contributed by atoms with Gasteiger partial charge in [0.2, 0.25) is 0 Å². The maximum atomic E-state index is 5.05. The first-order chi connectivity index (χ1) is 5.06. The molecule has 72 valence electrons. The van der Waals surface area contributed by atoms with Gasteiger partial charge in [0.05, 0.1) is 0 Å². The topological polar surface area (TPSA) is 9.23 Å². The number of halogens is 4. The second-order valence-corrected chi connectivity index (χ2v) is 3.59. The van der Waals surface area contributed by atoms with Crippen molar-refractivity contribution in [3.05, 3.63) is 0 Å². The maximum Gasteiger partial charge on any atom is 0.105 e. The number of ether oxygens (including phenoxy) is 1. The smallest absolute Gasteiger partial charge is 0.105 e. The van der Waals surface area contributed by atoms with Crippen molar-refractivity contribution in [2.24, 2.45) is 0 Å². The van der Waals surface area contributed by atoms with E-state index in [1.165, 1.54) is 0 Å². The van der Waals surface area contributed by atoms with Crippen LogP contribution in [0.3, 0.4) is 0 Å². The summed E-state index contributed by atoms with van der Waals surface area (Å²) in [6.07, 6.45) is 0. The maximum absolute atomic E-state index is 5.05. The first-order valence-corrected chi connectivity index (χ1v) is 4.81. The molecule has 0 rings (SSSR count). The zero-order chi connectivity index (χ0) is 9.70. The van der Waals surface area contributed by atoms with E-state index in [0.717, 1.165) is 0 Å². The van der Waals surface area contributed by atoms with E-state index in [-0.39, 0.29) is 4.84 Å². The highest BCUT2D eigenvalue weighted by atomic mass is 35.5. The summed E-state index contributed by atoms with van der Waals surface area (Å²) in [4.78, 5) is -0.222. The van der Waals surface area contributed by atoms with Crippen LogP contribution in [0.4, 0.5) is 0 Å². The zero-order valence-corrected chi connectivity index (χ0v) is 9.94. The van der Waals surface area contributed by atoms with Crippen LogP contribution >= 0.6 is 46.4 Å². The molecule has 11 heavy (non-hydrogen) atoms. The third kappa shape index (κ3) is 206. The summed E-state index contributed by atoms with van der Waals surface area (Å²) in [5, 5.41) is 0. The summed E-state index contributed by atoms with van der Waals surface area (Å²) in [6, 6.07) is 0. The molecule has 0 spiro atoms. The molecule has 0 aliphatic carbocycles. The van der Waals surface area contributed by atoms with E-state index in [2.05, 4.69) is 4.74 Å². The molecule has 5 heteroatoms. The molecule has 0 N–H and O–H groups in total. The molecule has 0 saturated heterocycles. The van der Waals surface area contributed by atoms with Crippen molar-refractivity contribution in [3.8, 4) is 0 Å². The highest BCUT2D eigenvalue weighted by Gasteiger charge is 1.75. The number of methoxy groups -OCH3 is 1. The van der Waals surface area contributed by atoms with Crippen LogP contribution in [0.15, 0.2) is 0 Å². The minimum atomic E-state index is -0.222. The lowest BCUT2D eigenvalue weighted by Crippen LogP contribution is -1.63. The molecule has 0 aromatic heterocycles. The van der Waals surface area contributed by atoms with Crippen LogP contribution in [0, 0.1) is 0 Å². The van der Waals surface area contributed by atoms with Gasteiger partial charge in [0, 0.05) is 26.0 Å². The zero-order valence-electron chi connectivity index (χ0n) is 6.91.